The standard InChI is InChI=1S/C13H19Br2NO/c1-2-8-16-9-3-4-10-17-13-11(14)6-5-7-12(13)15/h5-7,16H,2-4,8-10H2,1H3. The first-order valence-corrected chi connectivity index (χ1v) is 7.61. The molecule has 0 unspecified atom stereocenters. The highest BCUT2D eigenvalue weighted by Gasteiger charge is 2.04. The van der Waals surface area contributed by atoms with Crippen molar-refractivity contribution in [2.24, 2.45) is 0 Å². The molecule has 0 aromatic heterocycles. The first-order valence-electron chi connectivity index (χ1n) is 6.03. The highest BCUT2D eigenvalue weighted by atomic mass is 79.9. The van der Waals surface area contributed by atoms with Gasteiger partial charge in [0.15, 0.2) is 0 Å². The van der Waals surface area contributed by atoms with Gasteiger partial charge in [-0.1, -0.05) is 13.0 Å². The minimum Gasteiger partial charge on any atom is -0.491 e. The van der Waals surface area contributed by atoms with Gasteiger partial charge < -0.3 is 10.1 Å². The number of ether oxygens (including phenoxy) is 1. The van der Waals surface area contributed by atoms with Crippen LogP contribution in [-0.4, -0.2) is 19.7 Å². The highest BCUT2D eigenvalue weighted by molar-refractivity contribution is 9.11. The van der Waals surface area contributed by atoms with Crippen molar-refractivity contribution < 1.29 is 4.74 Å². The van der Waals surface area contributed by atoms with E-state index in [9.17, 15) is 0 Å². The number of hydrogen-bond donors (Lipinski definition) is 1. The maximum atomic E-state index is 5.75. The Balaban J connectivity index is 2.18. The predicted octanol–water partition coefficient (Wildman–Crippen LogP) is 4.37. The molecule has 17 heavy (non-hydrogen) atoms. The Labute approximate surface area is 120 Å². The van der Waals surface area contributed by atoms with Gasteiger partial charge in [-0.25, -0.2) is 0 Å². The summed E-state index contributed by atoms with van der Waals surface area (Å²) in [6.07, 6.45) is 3.42. The predicted molar refractivity (Wildman–Crippen MR) is 79.7 cm³/mol. The van der Waals surface area contributed by atoms with Crippen molar-refractivity contribution in [3.63, 3.8) is 0 Å². The Morgan fingerprint density at radius 1 is 1.12 bits per heavy atom. The summed E-state index contributed by atoms with van der Waals surface area (Å²) < 4.78 is 7.75. The van der Waals surface area contributed by atoms with E-state index in [0.717, 1.165) is 47.2 Å². The van der Waals surface area contributed by atoms with E-state index in [0.29, 0.717) is 0 Å². The van der Waals surface area contributed by atoms with E-state index >= 15 is 0 Å². The van der Waals surface area contributed by atoms with Crippen LogP contribution in [0.25, 0.3) is 0 Å². The minimum absolute atomic E-state index is 0.759. The van der Waals surface area contributed by atoms with Crippen molar-refractivity contribution >= 4 is 31.9 Å². The van der Waals surface area contributed by atoms with Crippen LogP contribution in [0.4, 0.5) is 0 Å². The molecule has 0 heterocycles. The van der Waals surface area contributed by atoms with Crippen molar-refractivity contribution in [1.82, 2.24) is 5.32 Å². The monoisotopic (exact) mass is 363 g/mol. The number of nitrogens with one attached hydrogen (secondary N) is 1. The molecule has 0 fully saturated rings. The van der Waals surface area contributed by atoms with Crippen LogP contribution in [0.3, 0.4) is 0 Å². The van der Waals surface area contributed by atoms with Crippen molar-refractivity contribution in [1.29, 1.82) is 0 Å². The van der Waals surface area contributed by atoms with Gasteiger partial charge in [0.25, 0.3) is 0 Å². The molecular weight excluding hydrogens is 346 g/mol. The highest BCUT2D eigenvalue weighted by Crippen LogP contribution is 2.32. The van der Waals surface area contributed by atoms with Crippen LogP contribution in [0, 0.1) is 0 Å². The second kappa shape index (κ2) is 8.95. The first kappa shape index (κ1) is 15.0. The normalized spacial score (nSPS) is 10.5. The average Bonchev–Trinajstić information content (AvgIpc) is 2.31. The van der Waals surface area contributed by atoms with Crippen LogP contribution in [0.5, 0.6) is 5.75 Å². The van der Waals surface area contributed by atoms with E-state index in [2.05, 4.69) is 44.1 Å². The fourth-order valence-corrected chi connectivity index (χ4v) is 2.68. The van der Waals surface area contributed by atoms with Crippen LogP contribution in [-0.2, 0) is 0 Å². The molecule has 1 aromatic carbocycles. The zero-order chi connectivity index (χ0) is 12.5. The van der Waals surface area contributed by atoms with E-state index in [1.54, 1.807) is 0 Å². The summed E-state index contributed by atoms with van der Waals surface area (Å²) in [7, 11) is 0. The minimum atomic E-state index is 0.759. The largest absolute Gasteiger partial charge is 0.491 e. The van der Waals surface area contributed by atoms with E-state index in [4.69, 9.17) is 4.74 Å². The Kier molecular flexibility index (Phi) is 7.90. The lowest BCUT2D eigenvalue weighted by Gasteiger charge is -2.10. The summed E-state index contributed by atoms with van der Waals surface area (Å²) in [5.74, 6) is 0.897. The van der Waals surface area contributed by atoms with Gasteiger partial charge in [0, 0.05) is 0 Å². The number of hydrogen-bond acceptors (Lipinski definition) is 2. The third kappa shape index (κ3) is 5.89. The smallest absolute Gasteiger partial charge is 0.147 e. The van der Waals surface area contributed by atoms with Gasteiger partial charge in [0.2, 0.25) is 0 Å². The molecule has 0 aliphatic rings. The van der Waals surface area contributed by atoms with Gasteiger partial charge >= 0.3 is 0 Å². The fraction of sp³-hybridized carbons (Fsp3) is 0.538. The van der Waals surface area contributed by atoms with Gasteiger partial charge in [-0.05, 0) is 76.3 Å². The van der Waals surface area contributed by atoms with Gasteiger partial charge in [-0.3, -0.25) is 0 Å². The van der Waals surface area contributed by atoms with Gasteiger partial charge in [0.1, 0.15) is 5.75 Å². The second-order valence-corrected chi connectivity index (χ2v) is 5.57. The Morgan fingerprint density at radius 3 is 2.47 bits per heavy atom. The summed E-state index contributed by atoms with van der Waals surface area (Å²) in [5.41, 5.74) is 0. The van der Waals surface area contributed by atoms with Crippen molar-refractivity contribution in [2.45, 2.75) is 26.2 Å². The van der Waals surface area contributed by atoms with E-state index < -0.39 is 0 Å². The third-order valence-electron chi connectivity index (χ3n) is 2.34. The van der Waals surface area contributed by atoms with Gasteiger partial charge in [-0.2, -0.15) is 0 Å². The summed E-state index contributed by atoms with van der Waals surface area (Å²) >= 11 is 6.97. The van der Waals surface area contributed by atoms with E-state index in [-0.39, 0.29) is 0 Å². The quantitative estimate of drug-likeness (QED) is 0.691. The van der Waals surface area contributed by atoms with Crippen molar-refractivity contribution in [3.8, 4) is 5.75 Å². The molecule has 1 aromatic rings. The maximum Gasteiger partial charge on any atom is 0.147 e. The summed E-state index contributed by atoms with van der Waals surface area (Å²) in [5, 5.41) is 3.38. The zero-order valence-corrected chi connectivity index (χ0v) is 13.3. The molecule has 0 saturated carbocycles. The van der Waals surface area contributed by atoms with Gasteiger partial charge in [-0.15, -0.1) is 0 Å². The van der Waals surface area contributed by atoms with Crippen LogP contribution >= 0.6 is 31.9 Å². The number of unbranched alkanes of at least 4 members (excludes halogenated alkanes) is 1. The number of rotatable bonds is 8. The van der Waals surface area contributed by atoms with E-state index in [1.165, 1.54) is 6.42 Å². The van der Waals surface area contributed by atoms with Gasteiger partial charge in [0.05, 0.1) is 15.6 Å². The molecule has 0 bridgehead atoms. The number of para-hydroxylation sites is 1. The molecule has 2 nitrogen and oxygen atoms in total. The maximum absolute atomic E-state index is 5.75. The van der Waals surface area contributed by atoms with E-state index in [1.807, 2.05) is 18.2 Å². The van der Waals surface area contributed by atoms with Crippen LogP contribution < -0.4 is 10.1 Å². The molecule has 4 heteroatoms. The number of halogens is 2. The molecule has 96 valence electrons. The molecule has 1 rings (SSSR count). The van der Waals surface area contributed by atoms with Crippen LogP contribution in [0.2, 0.25) is 0 Å². The summed E-state index contributed by atoms with van der Waals surface area (Å²) in [4.78, 5) is 0. The SMILES string of the molecule is CCCNCCCCOc1c(Br)cccc1Br. The zero-order valence-electron chi connectivity index (χ0n) is 10.1. The van der Waals surface area contributed by atoms with Crippen LogP contribution in [0.1, 0.15) is 26.2 Å². The Bertz CT molecular complexity index is 311. The molecule has 0 aliphatic carbocycles. The Morgan fingerprint density at radius 2 is 1.82 bits per heavy atom. The Hall–Kier alpha value is -0.0600. The fourth-order valence-electron chi connectivity index (χ4n) is 1.45. The van der Waals surface area contributed by atoms with Crippen molar-refractivity contribution in [3.05, 3.63) is 27.1 Å². The topological polar surface area (TPSA) is 21.3 Å². The lowest BCUT2D eigenvalue weighted by molar-refractivity contribution is 0.302. The molecular formula is C13H19Br2NO. The first-order chi connectivity index (χ1) is 8.25. The van der Waals surface area contributed by atoms with Crippen molar-refractivity contribution in [2.75, 3.05) is 19.7 Å². The number of benzene rings is 1. The lowest BCUT2D eigenvalue weighted by Crippen LogP contribution is -2.16. The molecule has 1 N–H and O–H groups in total. The summed E-state index contributed by atoms with van der Waals surface area (Å²) in [6, 6.07) is 5.96. The summed E-state index contributed by atoms with van der Waals surface area (Å²) in [6.45, 7) is 5.13. The second-order valence-electron chi connectivity index (χ2n) is 3.86. The molecule has 0 radical (unpaired) electrons. The van der Waals surface area contributed by atoms with Crippen LogP contribution in [0.15, 0.2) is 27.1 Å². The molecule has 0 aliphatic heterocycles. The average molecular weight is 365 g/mol. The molecule has 0 saturated heterocycles. The lowest BCUT2D eigenvalue weighted by atomic mass is 10.3. The molecule has 0 amide bonds. The third-order valence-corrected chi connectivity index (χ3v) is 3.59. The molecule has 0 spiro atoms. The molecule has 0 atom stereocenters.